The second kappa shape index (κ2) is 7.44. The lowest BCUT2D eigenvalue weighted by Gasteiger charge is -2.62. The molecule has 2 aromatic heterocycles. The van der Waals surface area contributed by atoms with E-state index in [4.69, 9.17) is 11.6 Å². The van der Waals surface area contributed by atoms with Crippen LogP contribution in [0.25, 0.3) is 0 Å². The number of hydrogen-bond acceptors (Lipinski definition) is 5. The highest BCUT2D eigenvalue weighted by atomic mass is 35.5. The molecule has 5 rings (SSSR count). The third-order valence-corrected chi connectivity index (χ3v) is 7.30. The lowest BCUT2D eigenvalue weighted by molar-refractivity contribution is -0.117. The van der Waals surface area contributed by atoms with Crippen molar-refractivity contribution < 1.29 is 4.79 Å². The van der Waals surface area contributed by atoms with Crippen LogP contribution in [0.15, 0.2) is 35.5 Å². The number of carbonyl (C=O) groups excluding carboxylic acids is 1. The molecule has 0 radical (unpaired) electrons. The molecule has 3 aliphatic carbocycles. The number of carbonyl (C=O) groups is 1. The molecule has 1 amide bonds. The van der Waals surface area contributed by atoms with Crippen LogP contribution in [0, 0.1) is 23.2 Å². The molecule has 2 bridgehead atoms. The van der Waals surface area contributed by atoms with Crippen molar-refractivity contribution in [2.75, 3.05) is 10.6 Å². The molecule has 0 unspecified atom stereocenters. The van der Waals surface area contributed by atoms with Crippen molar-refractivity contribution in [1.82, 2.24) is 14.8 Å². The van der Waals surface area contributed by atoms with E-state index in [1.54, 1.807) is 30.7 Å². The van der Waals surface area contributed by atoms with E-state index in [9.17, 15) is 9.59 Å². The van der Waals surface area contributed by atoms with Crippen molar-refractivity contribution in [1.29, 1.82) is 0 Å². The average molecular weight is 416 g/mol. The zero-order chi connectivity index (χ0) is 20.8. The lowest BCUT2D eigenvalue weighted by Crippen LogP contribution is -2.58. The number of fused-ring (bicyclic) bond motifs is 2. The number of aromatic nitrogens is 3. The van der Waals surface area contributed by atoms with Gasteiger partial charge in [0, 0.05) is 24.1 Å². The van der Waals surface area contributed by atoms with Crippen molar-refractivity contribution in [3.63, 3.8) is 0 Å². The molecule has 0 aromatic carbocycles. The number of amides is 1. The molecule has 3 aliphatic rings. The highest BCUT2D eigenvalue weighted by Gasteiger charge is 2.56. The maximum Gasteiger partial charge on any atom is 0.288 e. The summed E-state index contributed by atoms with van der Waals surface area (Å²) in [4.78, 5) is 28.7. The predicted molar refractivity (Wildman–Crippen MR) is 113 cm³/mol. The molecule has 154 valence electrons. The number of nitrogens with one attached hydrogen (secondary N) is 2. The molecular formula is C21H26ClN5O2. The Kier molecular flexibility index (Phi) is 5.11. The summed E-state index contributed by atoms with van der Waals surface area (Å²) in [7, 11) is 0. The fourth-order valence-corrected chi connectivity index (χ4v) is 5.19. The maximum absolute atomic E-state index is 12.6. The first-order valence-electron chi connectivity index (χ1n) is 9.99. The zero-order valence-electron chi connectivity index (χ0n) is 16.9. The van der Waals surface area contributed by atoms with Gasteiger partial charge in [-0.05, 0) is 48.1 Å². The molecule has 0 aliphatic heterocycles. The minimum absolute atomic E-state index is 0.0717. The standard InChI is InChI=1S/C21H26ClN5O2/c1-12-15-8-13(21(15,2)3)9-16(12)26-17-10-24-27(20(29)19(17)22)11-18(28)25-14-4-6-23-7-5-14/h4-7,10,12-13,15-16,26H,8-9,11H2,1-3H3,(H,23,25,28)/t12-,13-,15+,16-/m1/s1. The van der Waals surface area contributed by atoms with Crippen LogP contribution in [0.4, 0.5) is 11.4 Å². The van der Waals surface area contributed by atoms with Crippen molar-refractivity contribution >= 4 is 28.9 Å². The quantitative estimate of drug-likeness (QED) is 0.781. The molecule has 7 nitrogen and oxygen atoms in total. The Labute approximate surface area is 174 Å². The van der Waals surface area contributed by atoms with Crippen LogP contribution < -0.4 is 16.2 Å². The summed E-state index contributed by atoms with van der Waals surface area (Å²) in [6.07, 6.45) is 7.05. The summed E-state index contributed by atoms with van der Waals surface area (Å²) in [5.41, 5.74) is 1.06. The van der Waals surface area contributed by atoms with Crippen LogP contribution in [0.3, 0.4) is 0 Å². The Morgan fingerprint density at radius 2 is 2.03 bits per heavy atom. The number of anilines is 2. The molecule has 2 aromatic rings. The van der Waals surface area contributed by atoms with E-state index in [1.165, 1.54) is 6.42 Å². The summed E-state index contributed by atoms with van der Waals surface area (Å²) < 4.78 is 1.08. The Morgan fingerprint density at radius 3 is 2.69 bits per heavy atom. The van der Waals surface area contributed by atoms with Crippen LogP contribution in [0.2, 0.25) is 5.02 Å². The molecule has 2 heterocycles. The van der Waals surface area contributed by atoms with Crippen molar-refractivity contribution in [2.45, 2.75) is 46.2 Å². The van der Waals surface area contributed by atoms with Gasteiger partial charge in [-0.3, -0.25) is 14.6 Å². The SMILES string of the molecule is C[C@H]1[C@H](Nc2cnn(CC(=O)Nc3ccncc3)c(=O)c2Cl)C[C@H]2C[C@@H]1C2(C)C. The van der Waals surface area contributed by atoms with Gasteiger partial charge in [-0.25, -0.2) is 4.68 Å². The van der Waals surface area contributed by atoms with E-state index in [0.717, 1.165) is 11.1 Å². The second-order valence-corrected chi connectivity index (χ2v) is 9.20. The van der Waals surface area contributed by atoms with Gasteiger partial charge < -0.3 is 10.6 Å². The summed E-state index contributed by atoms with van der Waals surface area (Å²) >= 11 is 6.34. The fraction of sp³-hybridized carbons (Fsp3) is 0.524. The van der Waals surface area contributed by atoms with Crippen LogP contribution in [-0.4, -0.2) is 26.7 Å². The number of hydrogen-bond donors (Lipinski definition) is 2. The largest absolute Gasteiger partial charge is 0.379 e. The van der Waals surface area contributed by atoms with Gasteiger partial charge in [0.05, 0.1) is 11.9 Å². The van der Waals surface area contributed by atoms with Crippen molar-refractivity contribution in [3.05, 3.63) is 46.1 Å². The van der Waals surface area contributed by atoms with Crippen LogP contribution in [-0.2, 0) is 11.3 Å². The third-order valence-electron chi connectivity index (χ3n) is 6.94. The lowest BCUT2D eigenvalue weighted by atomic mass is 9.45. The van der Waals surface area contributed by atoms with Gasteiger partial charge in [-0.15, -0.1) is 0 Å². The Bertz CT molecular complexity index is 975. The van der Waals surface area contributed by atoms with E-state index in [-0.39, 0.29) is 23.5 Å². The highest BCUT2D eigenvalue weighted by Crippen LogP contribution is 2.61. The van der Waals surface area contributed by atoms with E-state index in [1.807, 2.05) is 0 Å². The first-order valence-corrected chi connectivity index (χ1v) is 10.4. The van der Waals surface area contributed by atoms with Crippen LogP contribution in [0.5, 0.6) is 0 Å². The molecule has 0 saturated heterocycles. The van der Waals surface area contributed by atoms with E-state index < -0.39 is 5.56 Å². The summed E-state index contributed by atoms with van der Waals surface area (Å²) in [6, 6.07) is 3.62. The molecule has 29 heavy (non-hydrogen) atoms. The first kappa shape index (κ1) is 19.9. The van der Waals surface area contributed by atoms with Crippen molar-refractivity contribution in [3.8, 4) is 0 Å². The second-order valence-electron chi connectivity index (χ2n) is 8.83. The Balaban J connectivity index is 1.44. The van der Waals surface area contributed by atoms with Crippen LogP contribution in [0.1, 0.15) is 33.6 Å². The minimum atomic E-state index is -0.476. The van der Waals surface area contributed by atoms with Gasteiger partial charge in [-0.2, -0.15) is 5.10 Å². The number of halogens is 1. The van der Waals surface area contributed by atoms with E-state index in [2.05, 4.69) is 41.5 Å². The zero-order valence-corrected chi connectivity index (χ0v) is 17.6. The van der Waals surface area contributed by atoms with E-state index >= 15 is 0 Å². The average Bonchev–Trinajstić information content (AvgIpc) is 2.69. The topological polar surface area (TPSA) is 88.9 Å². The monoisotopic (exact) mass is 415 g/mol. The molecule has 0 spiro atoms. The van der Waals surface area contributed by atoms with Gasteiger partial charge in [0.2, 0.25) is 5.91 Å². The number of pyridine rings is 1. The third kappa shape index (κ3) is 3.64. The Morgan fingerprint density at radius 1 is 1.31 bits per heavy atom. The predicted octanol–water partition coefficient (Wildman–Crippen LogP) is 3.41. The van der Waals surface area contributed by atoms with Gasteiger partial charge in [0.1, 0.15) is 11.6 Å². The van der Waals surface area contributed by atoms with Gasteiger partial charge in [0.15, 0.2) is 0 Å². The molecule has 8 heteroatoms. The molecule has 3 fully saturated rings. The Hall–Kier alpha value is -2.41. The number of rotatable bonds is 5. The molecule has 2 N–H and O–H groups in total. The maximum atomic E-state index is 12.6. The smallest absolute Gasteiger partial charge is 0.288 e. The molecule has 4 atom stereocenters. The number of nitrogens with zero attached hydrogens (tertiary/aromatic N) is 3. The normalized spacial score (nSPS) is 27.0. The van der Waals surface area contributed by atoms with Crippen LogP contribution >= 0.6 is 11.6 Å². The molecule has 3 saturated carbocycles. The first-order chi connectivity index (χ1) is 13.8. The molecular weight excluding hydrogens is 390 g/mol. The summed E-state index contributed by atoms with van der Waals surface area (Å²) in [5.74, 6) is 1.53. The fourth-order valence-electron chi connectivity index (χ4n) is 4.99. The van der Waals surface area contributed by atoms with Gasteiger partial charge in [-0.1, -0.05) is 32.4 Å². The van der Waals surface area contributed by atoms with Crippen molar-refractivity contribution in [2.24, 2.45) is 23.2 Å². The summed E-state index contributed by atoms with van der Waals surface area (Å²) in [5, 5.41) is 10.4. The van der Waals surface area contributed by atoms with Gasteiger partial charge in [0.25, 0.3) is 5.56 Å². The highest BCUT2D eigenvalue weighted by molar-refractivity contribution is 6.32. The summed E-state index contributed by atoms with van der Waals surface area (Å²) in [6.45, 7) is 6.77. The van der Waals surface area contributed by atoms with E-state index in [0.29, 0.717) is 34.5 Å². The minimum Gasteiger partial charge on any atom is -0.379 e. The van der Waals surface area contributed by atoms with Gasteiger partial charge >= 0.3 is 0 Å².